The fourth-order valence-electron chi connectivity index (χ4n) is 1.84. The molecular formula is C12H23N5O2S. The molecular weight excluding hydrogens is 278 g/mol. The molecule has 1 aromatic rings. The van der Waals surface area contributed by atoms with Crippen molar-refractivity contribution in [2.45, 2.75) is 25.2 Å². The van der Waals surface area contributed by atoms with Gasteiger partial charge in [-0.3, -0.25) is 10.8 Å². The third-order valence-electron chi connectivity index (χ3n) is 3.07. The minimum Gasteiger partial charge on any atom is -0.323 e. The van der Waals surface area contributed by atoms with Gasteiger partial charge in [0, 0.05) is 18.9 Å². The van der Waals surface area contributed by atoms with Crippen molar-refractivity contribution in [3.63, 3.8) is 0 Å². The van der Waals surface area contributed by atoms with Crippen molar-refractivity contribution in [2.75, 3.05) is 31.6 Å². The summed E-state index contributed by atoms with van der Waals surface area (Å²) in [5, 5.41) is 0. The number of rotatable bonds is 9. The van der Waals surface area contributed by atoms with Gasteiger partial charge in [0.25, 0.3) is 0 Å². The number of nitrogen functional groups attached to an aromatic ring is 1. The highest BCUT2D eigenvalue weighted by Crippen LogP contribution is 2.17. The number of pyridine rings is 1. The lowest BCUT2D eigenvalue weighted by atomic mass is 10.4. The van der Waals surface area contributed by atoms with Crippen LogP contribution in [0.25, 0.3) is 0 Å². The standard InChI is InChI=1S/C12H23N5O2S/c1-3-17(4-2)9-5-7-15-20(18,19)12-10-14-8-6-11(12)16-13/h6,8,10,15H,3-5,7,9,13H2,1-2H3,(H,14,16). The number of nitrogens with one attached hydrogen (secondary N) is 2. The normalized spacial score (nSPS) is 11.8. The van der Waals surface area contributed by atoms with E-state index in [4.69, 9.17) is 5.84 Å². The Bertz CT molecular complexity index is 502. The number of hydrazine groups is 1. The second-order valence-corrected chi connectivity index (χ2v) is 6.03. The van der Waals surface area contributed by atoms with Gasteiger partial charge < -0.3 is 10.3 Å². The minimum atomic E-state index is -3.59. The summed E-state index contributed by atoms with van der Waals surface area (Å²) in [5.41, 5.74) is 2.69. The first-order valence-corrected chi connectivity index (χ1v) is 8.16. The Morgan fingerprint density at radius 3 is 2.65 bits per heavy atom. The molecule has 0 saturated carbocycles. The van der Waals surface area contributed by atoms with Crippen LogP contribution in [0.2, 0.25) is 0 Å². The molecule has 114 valence electrons. The van der Waals surface area contributed by atoms with Gasteiger partial charge in [-0.2, -0.15) is 0 Å². The summed E-state index contributed by atoms with van der Waals surface area (Å²) >= 11 is 0. The van der Waals surface area contributed by atoms with Crippen molar-refractivity contribution in [1.82, 2.24) is 14.6 Å². The average Bonchev–Trinajstić information content (AvgIpc) is 2.47. The molecule has 8 heteroatoms. The lowest BCUT2D eigenvalue weighted by Gasteiger charge is -2.17. The van der Waals surface area contributed by atoms with Crippen molar-refractivity contribution in [2.24, 2.45) is 5.84 Å². The zero-order valence-corrected chi connectivity index (χ0v) is 12.8. The monoisotopic (exact) mass is 301 g/mol. The summed E-state index contributed by atoms with van der Waals surface area (Å²) < 4.78 is 26.8. The number of hydrogen-bond donors (Lipinski definition) is 3. The van der Waals surface area contributed by atoms with Crippen LogP contribution in [-0.4, -0.2) is 44.5 Å². The van der Waals surface area contributed by atoms with Crippen LogP contribution in [0.4, 0.5) is 5.69 Å². The highest BCUT2D eigenvalue weighted by molar-refractivity contribution is 7.89. The first-order valence-electron chi connectivity index (χ1n) is 6.67. The Morgan fingerprint density at radius 2 is 2.05 bits per heavy atom. The minimum absolute atomic E-state index is 0.0605. The van der Waals surface area contributed by atoms with Crippen molar-refractivity contribution >= 4 is 15.7 Å². The third-order valence-corrected chi connectivity index (χ3v) is 4.56. The molecule has 0 aliphatic rings. The molecule has 0 atom stereocenters. The summed E-state index contributed by atoms with van der Waals surface area (Å²) in [7, 11) is -3.59. The zero-order valence-electron chi connectivity index (χ0n) is 12.0. The first-order chi connectivity index (χ1) is 9.55. The average molecular weight is 301 g/mol. The zero-order chi connectivity index (χ0) is 15.0. The molecule has 0 bridgehead atoms. The van der Waals surface area contributed by atoms with Gasteiger partial charge in [0.05, 0.1) is 5.69 Å². The molecule has 20 heavy (non-hydrogen) atoms. The Hall–Kier alpha value is -1.22. The van der Waals surface area contributed by atoms with Gasteiger partial charge in [-0.25, -0.2) is 13.1 Å². The summed E-state index contributed by atoms with van der Waals surface area (Å²) in [5.74, 6) is 5.30. The number of sulfonamides is 1. The van der Waals surface area contributed by atoms with Gasteiger partial charge in [-0.15, -0.1) is 0 Å². The molecule has 0 aliphatic carbocycles. The van der Waals surface area contributed by atoms with Crippen LogP contribution in [0.3, 0.4) is 0 Å². The molecule has 0 radical (unpaired) electrons. The molecule has 0 amide bonds. The predicted molar refractivity (Wildman–Crippen MR) is 79.6 cm³/mol. The van der Waals surface area contributed by atoms with Gasteiger partial charge in [-0.1, -0.05) is 13.8 Å². The van der Waals surface area contributed by atoms with Crippen LogP contribution < -0.4 is 16.0 Å². The van der Waals surface area contributed by atoms with Crippen molar-refractivity contribution < 1.29 is 8.42 Å². The third kappa shape index (κ3) is 4.71. The van der Waals surface area contributed by atoms with Gasteiger partial charge in [0.2, 0.25) is 10.0 Å². The topological polar surface area (TPSA) is 100 Å². The molecule has 0 aromatic carbocycles. The highest BCUT2D eigenvalue weighted by atomic mass is 32.2. The molecule has 1 heterocycles. The van der Waals surface area contributed by atoms with E-state index in [1.165, 1.54) is 18.5 Å². The summed E-state index contributed by atoms with van der Waals surface area (Å²) in [4.78, 5) is 6.12. The van der Waals surface area contributed by atoms with Crippen LogP contribution in [0.1, 0.15) is 20.3 Å². The van der Waals surface area contributed by atoms with Crippen LogP contribution >= 0.6 is 0 Å². The largest absolute Gasteiger partial charge is 0.323 e. The SMILES string of the molecule is CCN(CC)CCCNS(=O)(=O)c1cnccc1NN. The smallest absolute Gasteiger partial charge is 0.244 e. The second kappa shape index (κ2) is 8.15. The van der Waals surface area contributed by atoms with Crippen molar-refractivity contribution in [3.8, 4) is 0 Å². The van der Waals surface area contributed by atoms with Gasteiger partial charge >= 0.3 is 0 Å². The van der Waals surface area contributed by atoms with Gasteiger partial charge in [0.1, 0.15) is 4.90 Å². The summed E-state index contributed by atoms with van der Waals surface area (Å²) in [6.07, 6.45) is 3.52. The molecule has 0 spiro atoms. The van der Waals surface area contributed by atoms with E-state index >= 15 is 0 Å². The van der Waals surface area contributed by atoms with E-state index in [0.717, 1.165) is 26.1 Å². The molecule has 0 saturated heterocycles. The van der Waals surface area contributed by atoms with Gasteiger partial charge in [-0.05, 0) is 32.1 Å². The van der Waals surface area contributed by atoms with E-state index in [9.17, 15) is 8.42 Å². The lowest BCUT2D eigenvalue weighted by molar-refractivity contribution is 0.300. The van der Waals surface area contributed by atoms with Gasteiger partial charge in [0.15, 0.2) is 0 Å². The second-order valence-electron chi connectivity index (χ2n) is 4.29. The van der Waals surface area contributed by atoms with E-state index in [1.807, 2.05) is 0 Å². The quantitative estimate of drug-likeness (QED) is 0.346. The molecule has 0 fully saturated rings. The fourth-order valence-corrected chi connectivity index (χ4v) is 3.02. The van der Waals surface area contributed by atoms with Crippen LogP contribution in [-0.2, 0) is 10.0 Å². The predicted octanol–water partition coefficient (Wildman–Crippen LogP) is 0.377. The lowest BCUT2D eigenvalue weighted by Crippen LogP contribution is -2.30. The van der Waals surface area contributed by atoms with Crippen molar-refractivity contribution in [3.05, 3.63) is 18.5 Å². The molecule has 4 N–H and O–H groups in total. The summed E-state index contributed by atoms with van der Waals surface area (Å²) in [6, 6.07) is 1.52. The van der Waals surface area contributed by atoms with E-state index in [0.29, 0.717) is 12.2 Å². The molecule has 0 aliphatic heterocycles. The molecule has 7 nitrogen and oxygen atoms in total. The van der Waals surface area contributed by atoms with E-state index in [2.05, 4.69) is 33.9 Å². The fraction of sp³-hybridized carbons (Fsp3) is 0.583. The summed E-state index contributed by atoms with van der Waals surface area (Å²) in [6.45, 7) is 7.35. The number of nitrogens with two attached hydrogens (primary N) is 1. The number of nitrogens with zero attached hydrogens (tertiary/aromatic N) is 2. The van der Waals surface area contributed by atoms with Crippen LogP contribution in [0.15, 0.2) is 23.4 Å². The number of anilines is 1. The van der Waals surface area contributed by atoms with E-state index in [1.54, 1.807) is 0 Å². The number of hydrogen-bond acceptors (Lipinski definition) is 6. The van der Waals surface area contributed by atoms with Crippen molar-refractivity contribution in [1.29, 1.82) is 0 Å². The maximum Gasteiger partial charge on any atom is 0.244 e. The van der Waals surface area contributed by atoms with Crippen LogP contribution in [0.5, 0.6) is 0 Å². The number of aromatic nitrogens is 1. The molecule has 0 unspecified atom stereocenters. The van der Waals surface area contributed by atoms with Crippen LogP contribution in [0, 0.1) is 0 Å². The Morgan fingerprint density at radius 1 is 1.35 bits per heavy atom. The highest BCUT2D eigenvalue weighted by Gasteiger charge is 2.17. The Kier molecular flexibility index (Phi) is 6.86. The molecule has 1 aromatic heterocycles. The Labute approximate surface area is 120 Å². The van der Waals surface area contributed by atoms with E-state index < -0.39 is 10.0 Å². The molecule has 1 rings (SSSR count). The maximum atomic E-state index is 12.1. The van der Waals surface area contributed by atoms with E-state index in [-0.39, 0.29) is 4.90 Å². The Balaban J connectivity index is 2.58. The maximum absolute atomic E-state index is 12.1. The first kappa shape index (κ1) is 16.8.